The lowest BCUT2D eigenvalue weighted by atomic mass is 10.3. The number of H-pyrrole nitrogens is 1. The van der Waals surface area contributed by atoms with Crippen LogP contribution in [0.25, 0.3) is 16.0 Å². The van der Waals surface area contributed by atoms with Crippen LogP contribution in [-0.4, -0.2) is 34.0 Å². The Morgan fingerprint density at radius 2 is 1.97 bits per heavy atom. The Morgan fingerprint density at radius 3 is 2.76 bits per heavy atom. The number of fused-ring (bicyclic) bond motifs is 1. The predicted octanol–water partition coefficient (Wildman–Crippen LogP) is 4.68. The lowest BCUT2D eigenvalue weighted by molar-refractivity contribution is 0.344. The number of hydrogen-bond donors (Lipinski definition) is 1. The number of methoxy groups -OCH3 is 1. The summed E-state index contributed by atoms with van der Waals surface area (Å²) in [4.78, 5) is 20.0. The molecule has 0 aliphatic carbocycles. The molecule has 2 aromatic heterocycles. The molecule has 2 aromatic carbocycles. The number of para-hydroxylation sites is 1. The molecule has 9 heteroatoms. The Balaban J connectivity index is 1.60. The normalized spacial score (nSPS) is 10.9. The zero-order chi connectivity index (χ0) is 20.2. The Hall–Kier alpha value is -2.62. The number of nitrogens with zero attached hydrogens (tertiary/aromatic N) is 2. The molecule has 2 heterocycles. The van der Waals surface area contributed by atoms with Crippen LogP contribution in [0, 0.1) is 3.95 Å². The Labute approximate surface area is 180 Å². The molecule has 148 valence electrons. The second kappa shape index (κ2) is 8.81. The molecule has 0 bridgehead atoms. The Kier molecular flexibility index (Phi) is 5.98. The average Bonchev–Trinajstić information content (AvgIpc) is 3.08. The third-order valence-electron chi connectivity index (χ3n) is 4.07. The van der Waals surface area contributed by atoms with E-state index in [0.29, 0.717) is 37.6 Å². The number of benzene rings is 2. The zero-order valence-electron chi connectivity index (χ0n) is 15.5. The van der Waals surface area contributed by atoms with Crippen LogP contribution < -0.4 is 15.0 Å². The van der Waals surface area contributed by atoms with Crippen molar-refractivity contribution >= 4 is 45.7 Å². The zero-order valence-corrected chi connectivity index (χ0v) is 17.9. The van der Waals surface area contributed by atoms with E-state index in [1.165, 1.54) is 23.1 Å². The van der Waals surface area contributed by atoms with E-state index in [9.17, 15) is 4.79 Å². The number of nitrogens with one attached hydrogen (secondary N) is 1. The van der Waals surface area contributed by atoms with Crippen LogP contribution in [0.15, 0.2) is 64.5 Å². The van der Waals surface area contributed by atoms with Gasteiger partial charge in [0.15, 0.2) is 14.8 Å². The highest BCUT2D eigenvalue weighted by molar-refractivity contribution is 7.99. The van der Waals surface area contributed by atoms with Gasteiger partial charge >= 0.3 is 0 Å². The number of thiazole rings is 1. The first kappa shape index (κ1) is 19.7. The van der Waals surface area contributed by atoms with Gasteiger partial charge < -0.3 is 14.5 Å². The molecule has 0 saturated heterocycles. The summed E-state index contributed by atoms with van der Waals surface area (Å²) in [6, 6.07) is 17.1. The fourth-order valence-electron chi connectivity index (χ4n) is 2.75. The summed E-state index contributed by atoms with van der Waals surface area (Å²) in [6.45, 7) is 0.502. The molecule has 4 rings (SSSR count). The van der Waals surface area contributed by atoms with Gasteiger partial charge in [0, 0.05) is 11.8 Å². The standard InChI is InChI=1S/C20H17N3O3S3/c1-25-15-9-5-6-13(12-15)23-17-16(29-20(23)27)18(24)22-19(21-17)28-11-10-26-14-7-3-2-4-8-14/h2-9,12H,10-11H2,1H3,(H,21,22,24). The van der Waals surface area contributed by atoms with Gasteiger partial charge in [-0.25, -0.2) is 4.98 Å². The van der Waals surface area contributed by atoms with E-state index < -0.39 is 0 Å². The van der Waals surface area contributed by atoms with Gasteiger partial charge in [-0.05, 0) is 36.5 Å². The molecule has 0 saturated carbocycles. The van der Waals surface area contributed by atoms with Crippen LogP contribution >= 0.6 is 35.3 Å². The van der Waals surface area contributed by atoms with Gasteiger partial charge in [0.2, 0.25) is 0 Å². The van der Waals surface area contributed by atoms with Gasteiger partial charge in [0.1, 0.15) is 16.2 Å². The van der Waals surface area contributed by atoms with Crippen molar-refractivity contribution in [2.45, 2.75) is 5.16 Å². The lowest BCUT2D eigenvalue weighted by Gasteiger charge is -2.08. The van der Waals surface area contributed by atoms with Gasteiger partial charge in [0.05, 0.1) is 19.4 Å². The average molecular weight is 444 g/mol. The minimum Gasteiger partial charge on any atom is -0.497 e. The van der Waals surface area contributed by atoms with Crippen molar-refractivity contribution in [3.63, 3.8) is 0 Å². The van der Waals surface area contributed by atoms with E-state index in [2.05, 4.69) is 9.97 Å². The fourth-order valence-corrected chi connectivity index (χ4v) is 4.70. The van der Waals surface area contributed by atoms with Gasteiger partial charge in [0.25, 0.3) is 5.56 Å². The van der Waals surface area contributed by atoms with Crippen LogP contribution in [0.4, 0.5) is 0 Å². The van der Waals surface area contributed by atoms with Crippen molar-refractivity contribution in [1.82, 2.24) is 14.5 Å². The van der Waals surface area contributed by atoms with Crippen LogP contribution in [0.3, 0.4) is 0 Å². The highest BCUT2D eigenvalue weighted by atomic mass is 32.2. The van der Waals surface area contributed by atoms with E-state index in [1.807, 2.05) is 54.6 Å². The Morgan fingerprint density at radius 1 is 1.17 bits per heavy atom. The van der Waals surface area contributed by atoms with Crippen molar-refractivity contribution in [1.29, 1.82) is 0 Å². The van der Waals surface area contributed by atoms with E-state index in [1.54, 1.807) is 11.7 Å². The summed E-state index contributed by atoms with van der Waals surface area (Å²) in [6.07, 6.45) is 0. The van der Waals surface area contributed by atoms with Crippen LogP contribution in [0.5, 0.6) is 11.5 Å². The highest BCUT2D eigenvalue weighted by Gasteiger charge is 2.14. The van der Waals surface area contributed by atoms with E-state index in [4.69, 9.17) is 21.7 Å². The van der Waals surface area contributed by atoms with Crippen molar-refractivity contribution < 1.29 is 9.47 Å². The van der Waals surface area contributed by atoms with Gasteiger partial charge in [-0.3, -0.25) is 9.36 Å². The first-order valence-electron chi connectivity index (χ1n) is 8.76. The maximum Gasteiger partial charge on any atom is 0.271 e. The van der Waals surface area contributed by atoms with Crippen LogP contribution in [0.2, 0.25) is 0 Å². The quantitative estimate of drug-likeness (QED) is 0.194. The largest absolute Gasteiger partial charge is 0.497 e. The van der Waals surface area contributed by atoms with Gasteiger partial charge in [-0.1, -0.05) is 47.4 Å². The van der Waals surface area contributed by atoms with Crippen molar-refractivity contribution in [2.24, 2.45) is 0 Å². The molecule has 0 unspecified atom stereocenters. The molecule has 0 aliphatic heterocycles. The topological polar surface area (TPSA) is 69.1 Å². The number of ether oxygens (including phenoxy) is 2. The maximum absolute atomic E-state index is 12.6. The number of aromatic amines is 1. The molecule has 6 nitrogen and oxygen atoms in total. The highest BCUT2D eigenvalue weighted by Crippen LogP contribution is 2.26. The monoisotopic (exact) mass is 443 g/mol. The SMILES string of the molecule is COc1cccc(-n2c(=S)sc3c(=O)[nH]c(SCCOc4ccccc4)nc32)c1. The number of rotatable bonds is 7. The molecule has 0 fully saturated rings. The maximum atomic E-state index is 12.6. The molecule has 0 radical (unpaired) electrons. The van der Waals surface area contributed by atoms with Gasteiger partial charge in [-0.2, -0.15) is 0 Å². The molecular formula is C20H17N3O3S3. The molecule has 0 spiro atoms. The first-order valence-corrected chi connectivity index (χ1v) is 11.0. The molecule has 29 heavy (non-hydrogen) atoms. The summed E-state index contributed by atoms with van der Waals surface area (Å²) in [7, 11) is 1.61. The summed E-state index contributed by atoms with van der Waals surface area (Å²) in [5.41, 5.74) is 1.16. The number of thioether (sulfide) groups is 1. The Bertz CT molecular complexity index is 1250. The van der Waals surface area contributed by atoms with Crippen molar-refractivity contribution in [3.05, 3.63) is 68.9 Å². The molecule has 1 N–H and O–H groups in total. The molecular weight excluding hydrogens is 426 g/mol. The second-order valence-electron chi connectivity index (χ2n) is 5.94. The summed E-state index contributed by atoms with van der Waals surface area (Å²) >= 11 is 8.17. The fraction of sp³-hybridized carbons (Fsp3) is 0.150. The number of aromatic nitrogens is 3. The van der Waals surface area contributed by atoms with Crippen LogP contribution in [0.1, 0.15) is 0 Å². The minimum absolute atomic E-state index is 0.195. The summed E-state index contributed by atoms with van der Waals surface area (Å²) in [5.74, 6) is 2.17. The summed E-state index contributed by atoms with van der Waals surface area (Å²) in [5, 5.41) is 0.531. The van der Waals surface area contributed by atoms with E-state index in [0.717, 1.165) is 11.4 Å². The van der Waals surface area contributed by atoms with Crippen molar-refractivity contribution in [2.75, 3.05) is 19.5 Å². The van der Waals surface area contributed by atoms with E-state index in [-0.39, 0.29) is 5.56 Å². The molecule has 0 amide bonds. The molecule has 0 aliphatic rings. The lowest BCUT2D eigenvalue weighted by Crippen LogP contribution is -2.10. The van der Waals surface area contributed by atoms with E-state index >= 15 is 0 Å². The van der Waals surface area contributed by atoms with Crippen LogP contribution in [-0.2, 0) is 0 Å². The minimum atomic E-state index is -0.195. The van der Waals surface area contributed by atoms with Crippen molar-refractivity contribution in [3.8, 4) is 17.2 Å². The third kappa shape index (κ3) is 4.36. The summed E-state index contributed by atoms with van der Waals surface area (Å²) < 4.78 is 13.9. The molecule has 0 atom stereocenters. The molecule has 4 aromatic rings. The number of hydrogen-bond acceptors (Lipinski definition) is 7. The smallest absolute Gasteiger partial charge is 0.271 e. The first-order chi connectivity index (χ1) is 14.2. The third-order valence-corrected chi connectivity index (χ3v) is 6.27. The predicted molar refractivity (Wildman–Crippen MR) is 120 cm³/mol. The second-order valence-corrected chi connectivity index (χ2v) is 8.67. The van der Waals surface area contributed by atoms with Gasteiger partial charge in [-0.15, -0.1) is 0 Å².